The Morgan fingerprint density at radius 3 is 1.46 bits per heavy atom. The van der Waals surface area contributed by atoms with E-state index in [1.54, 1.807) is 36.4 Å². The number of carbonyl (C=O) groups excluding carboxylic acids is 2. The normalized spacial score (nSPS) is 10.6. The average Bonchev–Trinajstić information content (AvgIpc) is 3.36. The zero-order valence-corrected chi connectivity index (χ0v) is 13.6. The van der Waals surface area contributed by atoms with Crippen LogP contribution in [0, 0.1) is 0 Å². The van der Waals surface area contributed by atoms with Gasteiger partial charge in [-0.25, -0.2) is 0 Å². The molecule has 0 atom stereocenters. The third-order valence-corrected chi connectivity index (χ3v) is 3.91. The van der Waals surface area contributed by atoms with Crippen LogP contribution in [0.25, 0.3) is 10.8 Å². The SMILES string of the molecule is O=C(Nc1cccc2c(NC(=O)c3ccco3)cccc12)c1ccco1. The summed E-state index contributed by atoms with van der Waals surface area (Å²) in [4.78, 5) is 24.5. The molecule has 2 amide bonds. The van der Waals surface area contributed by atoms with E-state index in [0.717, 1.165) is 10.8 Å². The number of fused-ring (bicyclic) bond motifs is 1. The monoisotopic (exact) mass is 346 g/mol. The van der Waals surface area contributed by atoms with Gasteiger partial charge < -0.3 is 19.5 Å². The summed E-state index contributed by atoms with van der Waals surface area (Å²) < 4.78 is 10.2. The van der Waals surface area contributed by atoms with Gasteiger partial charge in [0.15, 0.2) is 11.5 Å². The summed E-state index contributed by atoms with van der Waals surface area (Å²) in [6.07, 6.45) is 2.89. The lowest BCUT2D eigenvalue weighted by Gasteiger charge is -2.11. The van der Waals surface area contributed by atoms with Crippen molar-refractivity contribution in [1.82, 2.24) is 0 Å². The predicted molar refractivity (Wildman–Crippen MR) is 97.3 cm³/mol. The molecule has 26 heavy (non-hydrogen) atoms. The second-order valence-corrected chi connectivity index (χ2v) is 5.57. The molecule has 0 aliphatic rings. The zero-order chi connectivity index (χ0) is 17.9. The summed E-state index contributed by atoms with van der Waals surface area (Å²) in [5.41, 5.74) is 1.25. The Morgan fingerprint density at radius 2 is 1.08 bits per heavy atom. The molecule has 6 heteroatoms. The summed E-state index contributed by atoms with van der Waals surface area (Å²) in [5, 5.41) is 7.25. The van der Waals surface area contributed by atoms with E-state index in [9.17, 15) is 9.59 Å². The number of amides is 2. The van der Waals surface area contributed by atoms with Crippen LogP contribution in [0.3, 0.4) is 0 Å². The molecule has 0 radical (unpaired) electrons. The van der Waals surface area contributed by atoms with Gasteiger partial charge >= 0.3 is 0 Å². The molecule has 0 unspecified atom stereocenters. The van der Waals surface area contributed by atoms with E-state index >= 15 is 0 Å². The number of anilines is 2. The van der Waals surface area contributed by atoms with Crippen LogP contribution in [0.15, 0.2) is 82.0 Å². The van der Waals surface area contributed by atoms with E-state index in [-0.39, 0.29) is 23.3 Å². The Hall–Kier alpha value is -3.80. The highest BCUT2D eigenvalue weighted by atomic mass is 16.3. The van der Waals surface area contributed by atoms with E-state index in [1.165, 1.54) is 12.5 Å². The molecule has 2 aromatic heterocycles. The van der Waals surface area contributed by atoms with Crippen molar-refractivity contribution in [3.05, 3.63) is 84.7 Å². The van der Waals surface area contributed by atoms with Crippen molar-refractivity contribution < 1.29 is 18.4 Å². The quantitative estimate of drug-likeness (QED) is 0.568. The molecular weight excluding hydrogens is 332 g/mol. The van der Waals surface area contributed by atoms with Crippen molar-refractivity contribution in [1.29, 1.82) is 0 Å². The minimum atomic E-state index is -0.340. The molecule has 128 valence electrons. The van der Waals surface area contributed by atoms with Crippen molar-refractivity contribution in [3.63, 3.8) is 0 Å². The second-order valence-electron chi connectivity index (χ2n) is 5.57. The van der Waals surface area contributed by atoms with Crippen LogP contribution in [0.1, 0.15) is 21.1 Å². The van der Waals surface area contributed by atoms with E-state index in [4.69, 9.17) is 8.83 Å². The fourth-order valence-corrected chi connectivity index (χ4v) is 2.71. The van der Waals surface area contributed by atoms with Crippen LogP contribution >= 0.6 is 0 Å². The third-order valence-electron chi connectivity index (χ3n) is 3.91. The van der Waals surface area contributed by atoms with Gasteiger partial charge in [-0.3, -0.25) is 9.59 Å². The average molecular weight is 346 g/mol. The van der Waals surface area contributed by atoms with Gasteiger partial charge in [-0.2, -0.15) is 0 Å². The Balaban J connectivity index is 1.67. The molecule has 4 aromatic rings. The van der Waals surface area contributed by atoms with Crippen LogP contribution in [0.4, 0.5) is 11.4 Å². The first-order valence-corrected chi connectivity index (χ1v) is 7.94. The summed E-state index contributed by atoms with van der Waals surface area (Å²) in [6, 6.07) is 17.4. The molecule has 0 aliphatic carbocycles. The smallest absolute Gasteiger partial charge is 0.291 e. The van der Waals surface area contributed by atoms with Crippen molar-refractivity contribution in [2.24, 2.45) is 0 Å². The molecule has 0 saturated carbocycles. The molecule has 4 rings (SSSR count). The second kappa shape index (κ2) is 6.60. The predicted octanol–water partition coefficient (Wildman–Crippen LogP) is 4.53. The maximum absolute atomic E-state index is 12.3. The van der Waals surface area contributed by atoms with Crippen molar-refractivity contribution in [2.75, 3.05) is 10.6 Å². The van der Waals surface area contributed by atoms with Crippen LogP contribution in [-0.2, 0) is 0 Å². The van der Waals surface area contributed by atoms with Gasteiger partial charge in [-0.15, -0.1) is 0 Å². The van der Waals surface area contributed by atoms with Gasteiger partial charge in [0.1, 0.15) is 0 Å². The van der Waals surface area contributed by atoms with Crippen molar-refractivity contribution in [2.45, 2.75) is 0 Å². The lowest BCUT2D eigenvalue weighted by Crippen LogP contribution is -2.12. The van der Waals surface area contributed by atoms with Crippen LogP contribution < -0.4 is 10.6 Å². The lowest BCUT2D eigenvalue weighted by atomic mass is 10.1. The highest BCUT2D eigenvalue weighted by molar-refractivity contribution is 6.13. The molecule has 2 N–H and O–H groups in total. The van der Waals surface area contributed by atoms with E-state index in [0.29, 0.717) is 11.4 Å². The number of furan rings is 2. The first kappa shape index (κ1) is 15.7. The Labute approximate surface area is 148 Å². The van der Waals surface area contributed by atoms with E-state index in [2.05, 4.69) is 10.6 Å². The zero-order valence-electron chi connectivity index (χ0n) is 13.6. The number of carbonyl (C=O) groups is 2. The number of hydrogen-bond acceptors (Lipinski definition) is 4. The molecule has 0 bridgehead atoms. The minimum Gasteiger partial charge on any atom is -0.459 e. The lowest BCUT2D eigenvalue weighted by molar-refractivity contribution is 0.0989. The first-order chi connectivity index (χ1) is 12.7. The molecule has 2 heterocycles. The Kier molecular flexibility index (Phi) is 3.99. The standard InChI is InChI=1S/C20H14N2O4/c23-19(17-9-3-11-25-17)21-15-7-1-5-13-14(15)6-2-8-16(13)22-20(24)18-10-4-12-26-18/h1-12H,(H,21,23)(H,22,24). The number of rotatable bonds is 4. The van der Waals surface area contributed by atoms with E-state index in [1.807, 2.05) is 24.3 Å². The maximum atomic E-state index is 12.3. The Morgan fingerprint density at radius 1 is 0.615 bits per heavy atom. The summed E-state index contributed by atoms with van der Waals surface area (Å²) >= 11 is 0. The molecule has 0 aliphatic heterocycles. The van der Waals surface area contributed by atoms with Crippen LogP contribution in [0.5, 0.6) is 0 Å². The summed E-state index contributed by atoms with van der Waals surface area (Å²) in [7, 11) is 0. The minimum absolute atomic E-state index is 0.226. The van der Waals surface area contributed by atoms with Gasteiger partial charge in [0, 0.05) is 22.1 Å². The highest BCUT2D eigenvalue weighted by Gasteiger charge is 2.14. The molecule has 2 aromatic carbocycles. The van der Waals surface area contributed by atoms with Crippen molar-refractivity contribution in [3.8, 4) is 0 Å². The first-order valence-electron chi connectivity index (χ1n) is 7.94. The molecule has 0 fully saturated rings. The van der Waals surface area contributed by atoms with Crippen LogP contribution in [0.2, 0.25) is 0 Å². The van der Waals surface area contributed by atoms with Gasteiger partial charge in [0.05, 0.1) is 12.5 Å². The fraction of sp³-hybridized carbons (Fsp3) is 0. The molecule has 0 spiro atoms. The van der Waals surface area contributed by atoms with Crippen LogP contribution in [-0.4, -0.2) is 11.8 Å². The number of benzene rings is 2. The topological polar surface area (TPSA) is 84.5 Å². The largest absolute Gasteiger partial charge is 0.459 e. The number of hydrogen-bond donors (Lipinski definition) is 2. The van der Waals surface area contributed by atoms with Gasteiger partial charge in [-0.1, -0.05) is 24.3 Å². The summed E-state index contributed by atoms with van der Waals surface area (Å²) in [5.74, 6) is -0.228. The fourth-order valence-electron chi connectivity index (χ4n) is 2.71. The number of nitrogens with one attached hydrogen (secondary N) is 2. The summed E-state index contributed by atoms with van der Waals surface area (Å²) in [6.45, 7) is 0. The maximum Gasteiger partial charge on any atom is 0.291 e. The molecule has 6 nitrogen and oxygen atoms in total. The van der Waals surface area contributed by atoms with E-state index < -0.39 is 0 Å². The van der Waals surface area contributed by atoms with Gasteiger partial charge in [-0.05, 0) is 36.4 Å². The highest BCUT2D eigenvalue weighted by Crippen LogP contribution is 2.30. The third kappa shape index (κ3) is 2.95. The molecule has 0 saturated heterocycles. The Bertz CT molecular complexity index is 979. The van der Waals surface area contributed by atoms with Gasteiger partial charge in [0.2, 0.25) is 0 Å². The van der Waals surface area contributed by atoms with Crippen molar-refractivity contribution >= 4 is 34.0 Å². The van der Waals surface area contributed by atoms with Gasteiger partial charge in [0.25, 0.3) is 11.8 Å². The molecular formula is C20H14N2O4.